The van der Waals surface area contributed by atoms with E-state index in [9.17, 15) is 4.79 Å². The Labute approximate surface area is 167 Å². The quantitative estimate of drug-likeness (QED) is 0.831. The van der Waals surface area contributed by atoms with Crippen LogP contribution in [0.5, 0.6) is 0 Å². The Bertz CT molecular complexity index is 795. The molecule has 152 valence electrons. The van der Waals surface area contributed by atoms with Crippen LogP contribution in [0.4, 0.5) is 0 Å². The van der Waals surface area contributed by atoms with Crippen molar-refractivity contribution in [3.05, 3.63) is 24.0 Å². The van der Waals surface area contributed by atoms with Crippen molar-refractivity contribution in [1.29, 1.82) is 0 Å². The number of rotatable bonds is 6. The second-order valence-corrected chi connectivity index (χ2v) is 8.57. The molecule has 4 rings (SSSR count). The maximum atomic E-state index is 11.2. The SMILES string of the molecule is CC(=O)NCCn1nc(C2CCCN(CC3CCCCC3)C2)c2cccnc21. The molecule has 1 atom stereocenters. The molecule has 3 heterocycles. The van der Waals surface area contributed by atoms with Crippen LogP contribution in [-0.2, 0) is 11.3 Å². The minimum Gasteiger partial charge on any atom is -0.354 e. The van der Waals surface area contributed by atoms with E-state index >= 15 is 0 Å². The van der Waals surface area contributed by atoms with E-state index in [-0.39, 0.29) is 5.91 Å². The molecule has 2 aromatic rings. The number of pyridine rings is 1. The Morgan fingerprint density at radius 3 is 2.89 bits per heavy atom. The van der Waals surface area contributed by atoms with Crippen LogP contribution >= 0.6 is 0 Å². The number of fused-ring (bicyclic) bond motifs is 1. The maximum Gasteiger partial charge on any atom is 0.216 e. The average molecular weight is 384 g/mol. The summed E-state index contributed by atoms with van der Waals surface area (Å²) in [6.07, 6.45) is 11.4. The molecule has 2 aliphatic rings. The highest BCUT2D eigenvalue weighted by Gasteiger charge is 2.27. The fourth-order valence-electron chi connectivity index (χ4n) is 5.01. The second kappa shape index (κ2) is 9.03. The van der Waals surface area contributed by atoms with Crippen LogP contribution in [0.1, 0.15) is 63.5 Å². The van der Waals surface area contributed by atoms with Crippen LogP contribution in [0.2, 0.25) is 0 Å². The van der Waals surface area contributed by atoms with E-state index in [1.165, 1.54) is 69.1 Å². The van der Waals surface area contributed by atoms with Crippen LogP contribution in [0.25, 0.3) is 11.0 Å². The highest BCUT2D eigenvalue weighted by Crippen LogP contribution is 2.32. The minimum atomic E-state index is -0.00437. The first-order chi connectivity index (χ1) is 13.7. The third kappa shape index (κ3) is 4.54. The van der Waals surface area contributed by atoms with E-state index in [2.05, 4.69) is 21.3 Å². The summed E-state index contributed by atoms with van der Waals surface area (Å²) in [6, 6.07) is 4.16. The van der Waals surface area contributed by atoms with Crippen LogP contribution < -0.4 is 5.32 Å². The average Bonchev–Trinajstić information content (AvgIpc) is 3.08. The highest BCUT2D eigenvalue weighted by molar-refractivity contribution is 5.79. The number of amides is 1. The lowest BCUT2D eigenvalue weighted by Crippen LogP contribution is -2.38. The van der Waals surface area contributed by atoms with E-state index in [0.29, 0.717) is 19.0 Å². The van der Waals surface area contributed by atoms with Gasteiger partial charge in [-0.2, -0.15) is 5.10 Å². The van der Waals surface area contributed by atoms with Gasteiger partial charge in [0, 0.05) is 44.1 Å². The van der Waals surface area contributed by atoms with Crippen LogP contribution in [0.15, 0.2) is 18.3 Å². The first-order valence-electron chi connectivity index (χ1n) is 11.0. The summed E-state index contributed by atoms with van der Waals surface area (Å²) in [7, 11) is 0. The standard InChI is InChI=1S/C22H33N5O/c1-17(28)23-12-14-27-22-20(10-5-11-24-22)21(25-27)19-9-6-13-26(16-19)15-18-7-3-2-4-8-18/h5,10-11,18-19H,2-4,6-9,12-16H2,1H3,(H,23,28). The van der Waals surface area contributed by atoms with Gasteiger partial charge in [0.2, 0.25) is 5.91 Å². The predicted octanol–water partition coefficient (Wildman–Crippen LogP) is 3.33. The van der Waals surface area contributed by atoms with Crippen LogP contribution in [-0.4, -0.2) is 51.8 Å². The molecule has 1 aliphatic heterocycles. The van der Waals surface area contributed by atoms with Gasteiger partial charge in [0.15, 0.2) is 5.65 Å². The van der Waals surface area contributed by atoms with Gasteiger partial charge < -0.3 is 10.2 Å². The van der Waals surface area contributed by atoms with E-state index in [1.54, 1.807) is 6.92 Å². The van der Waals surface area contributed by atoms with Gasteiger partial charge >= 0.3 is 0 Å². The number of hydrogen-bond acceptors (Lipinski definition) is 4. The topological polar surface area (TPSA) is 63.1 Å². The summed E-state index contributed by atoms with van der Waals surface area (Å²) in [4.78, 5) is 18.5. The zero-order valence-corrected chi connectivity index (χ0v) is 17.1. The molecular formula is C22H33N5O. The van der Waals surface area contributed by atoms with E-state index in [0.717, 1.165) is 18.1 Å². The number of piperidine rings is 1. The first-order valence-corrected chi connectivity index (χ1v) is 11.0. The zero-order valence-electron chi connectivity index (χ0n) is 17.1. The molecule has 1 N–H and O–H groups in total. The molecule has 1 saturated carbocycles. The number of carbonyl (C=O) groups excluding carboxylic acids is 1. The Hall–Kier alpha value is -1.95. The summed E-state index contributed by atoms with van der Waals surface area (Å²) in [5.74, 6) is 1.36. The van der Waals surface area contributed by atoms with Gasteiger partial charge in [-0.05, 0) is 50.3 Å². The van der Waals surface area contributed by atoms with Crippen LogP contribution in [0, 0.1) is 5.92 Å². The number of aromatic nitrogens is 3. The second-order valence-electron chi connectivity index (χ2n) is 8.57. The van der Waals surface area contributed by atoms with Crippen molar-refractivity contribution < 1.29 is 4.79 Å². The number of carbonyl (C=O) groups is 1. The fourth-order valence-corrected chi connectivity index (χ4v) is 5.01. The third-order valence-corrected chi connectivity index (χ3v) is 6.37. The molecule has 2 aromatic heterocycles. The largest absolute Gasteiger partial charge is 0.354 e. The molecule has 6 heteroatoms. The van der Waals surface area contributed by atoms with Gasteiger partial charge in [0.25, 0.3) is 0 Å². The monoisotopic (exact) mass is 383 g/mol. The van der Waals surface area contributed by atoms with Gasteiger partial charge in [-0.15, -0.1) is 0 Å². The van der Waals surface area contributed by atoms with Crippen molar-refractivity contribution in [2.45, 2.75) is 64.3 Å². The van der Waals surface area contributed by atoms with Crippen molar-refractivity contribution in [3.8, 4) is 0 Å². The lowest BCUT2D eigenvalue weighted by molar-refractivity contribution is -0.118. The lowest BCUT2D eigenvalue weighted by Gasteiger charge is -2.35. The number of nitrogens with one attached hydrogen (secondary N) is 1. The predicted molar refractivity (Wildman–Crippen MR) is 111 cm³/mol. The van der Waals surface area contributed by atoms with Crippen molar-refractivity contribution in [1.82, 2.24) is 25.0 Å². The summed E-state index contributed by atoms with van der Waals surface area (Å²) >= 11 is 0. The van der Waals surface area contributed by atoms with E-state index in [4.69, 9.17) is 5.10 Å². The van der Waals surface area contributed by atoms with E-state index in [1.807, 2.05) is 16.9 Å². The van der Waals surface area contributed by atoms with Gasteiger partial charge in [-0.3, -0.25) is 4.79 Å². The molecule has 0 radical (unpaired) electrons. The summed E-state index contributed by atoms with van der Waals surface area (Å²) in [6.45, 7) is 6.39. The van der Waals surface area contributed by atoms with E-state index < -0.39 is 0 Å². The van der Waals surface area contributed by atoms with Crippen molar-refractivity contribution >= 4 is 16.9 Å². The maximum absolute atomic E-state index is 11.2. The summed E-state index contributed by atoms with van der Waals surface area (Å²) < 4.78 is 1.97. The smallest absolute Gasteiger partial charge is 0.216 e. The molecule has 1 unspecified atom stereocenters. The number of nitrogens with zero attached hydrogens (tertiary/aromatic N) is 4. The Balaban J connectivity index is 1.48. The highest BCUT2D eigenvalue weighted by atomic mass is 16.1. The van der Waals surface area contributed by atoms with Crippen molar-refractivity contribution in [2.75, 3.05) is 26.2 Å². The Kier molecular flexibility index (Phi) is 6.25. The minimum absolute atomic E-state index is 0.00437. The normalized spacial score (nSPS) is 21.8. The zero-order chi connectivity index (χ0) is 19.3. The Morgan fingerprint density at radius 2 is 2.07 bits per heavy atom. The lowest BCUT2D eigenvalue weighted by atomic mass is 9.87. The molecule has 0 aromatic carbocycles. The molecule has 1 aliphatic carbocycles. The molecule has 2 fully saturated rings. The van der Waals surface area contributed by atoms with Gasteiger partial charge in [-0.25, -0.2) is 9.67 Å². The van der Waals surface area contributed by atoms with Crippen LogP contribution in [0.3, 0.4) is 0 Å². The molecule has 0 spiro atoms. The third-order valence-electron chi connectivity index (χ3n) is 6.37. The van der Waals surface area contributed by atoms with Crippen molar-refractivity contribution in [3.63, 3.8) is 0 Å². The number of likely N-dealkylation sites (tertiary alicyclic amines) is 1. The number of hydrogen-bond donors (Lipinski definition) is 1. The molecule has 0 bridgehead atoms. The molecule has 28 heavy (non-hydrogen) atoms. The Morgan fingerprint density at radius 1 is 1.21 bits per heavy atom. The molecule has 6 nitrogen and oxygen atoms in total. The van der Waals surface area contributed by atoms with Gasteiger partial charge in [-0.1, -0.05) is 19.3 Å². The van der Waals surface area contributed by atoms with Crippen molar-refractivity contribution in [2.24, 2.45) is 5.92 Å². The van der Waals surface area contributed by atoms with Gasteiger partial charge in [0.05, 0.1) is 12.2 Å². The summed E-state index contributed by atoms with van der Waals surface area (Å²) in [5.41, 5.74) is 2.13. The fraction of sp³-hybridized carbons (Fsp3) is 0.682. The molecule has 1 amide bonds. The summed E-state index contributed by atoms with van der Waals surface area (Å²) in [5, 5.41) is 9.01. The van der Waals surface area contributed by atoms with Gasteiger partial charge in [0.1, 0.15) is 0 Å². The molecule has 1 saturated heterocycles. The first kappa shape index (κ1) is 19.4. The molecular weight excluding hydrogens is 350 g/mol.